The molecule has 0 saturated carbocycles. The fourth-order valence-electron chi connectivity index (χ4n) is 3.31. The average molecular weight is 401 g/mol. The van der Waals surface area contributed by atoms with E-state index in [-0.39, 0.29) is 5.91 Å². The largest absolute Gasteiger partial charge is 0.356 e. The molecule has 138 valence electrons. The standard InChI is InChI=1S/C21H18Cl2N2O2/c22-16-6-1-14(2-7-16)3-10-20(26)25-12-11-19-18(13-25)21(27-24-19)15-4-8-17(23)9-5-15/h1-2,4-9H,3,10-13H2. The summed E-state index contributed by atoms with van der Waals surface area (Å²) in [6, 6.07) is 15.1. The second-order valence-electron chi connectivity index (χ2n) is 6.64. The van der Waals surface area contributed by atoms with Gasteiger partial charge >= 0.3 is 0 Å². The van der Waals surface area contributed by atoms with Crippen LogP contribution < -0.4 is 0 Å². The monoisotopic (exact) mass is 400 g/mol. The minimum atomic E-state index is 0.138. The molecule has 0 saturated heterocycles. The maximum absolute atomic E-state index is 12.7. The highest BCUT2D eigenvalue weighted by molar-refractivity contribution is 6.30. The van der Waals surface area contributed by atoms with E-state index < -0.39 is 0 Å². The van der Waals surface area contributed by atoms with Gasteiger partial charge in [0.25, 0.3) is 0 Å². The second kappa shape index (κ2) is 7.75. The second-order valence-corrected chi connectivity index (χ2v) is 7.51. The van der Waals surface area contributed by atoms with Gasteiger partial charge in [0.05, 0.1) is 12.2 Å². The van der Waals surface area contributed by atoms with Crippen LogP contribution in [0.4, 0.5) is 0 Å². The highest BCUT2D eigenvalue weighted by Crippen LogP contribution is 2.31. The van der Waals surface area contributed by atoms with Gasteiger partial charge in [-0.05, 0) is 48.4 Å². The van der Waals surface area contributed by atoms with Crippen molar-refractivity contribution in [2.24, 2.45) is 0 Å². The molecule has 0 bridgehead atoms. The summed E-state index contributed by atoms with van der Waals surface area (Å²) in [6.07, 6.45) is 1.88. The van der Waals surface area contributed by atoms with Crippen molar-refractivity contribution >= 4 is 29.1 Å². The van der Waals surface area contributed by atoms with E-state index in [1.54, 1.807) is 0 Å². The third-order valence-corrected chi connectivity index (χ3v) is 5.34. The SMILES string of the molecule is O=C(CCc1ccc(Cl)cc1)N1CCc2noc(-c3ccc(Cl)cc3)c2C1. The first-order valence-corrected chi connectivity index (χ1v) is 9.61. The molecular weight excluding hydrogens is 383 g/mol. The maximum atomic E-state index is 12.7. The maximum Gasteiger partial charge on any atom is 0.223 e. The molecule has 1 aromatic heterocycles. The molecule has 27 heavy (non-hydrogen) atoms. The molecule has 0 unspecified atom stereocenters. The molecule has 0 atom stereocenters. The average Bonchev–Trinajstić information content (AvgIpc) is 3.11. The molecule has 1 aliphatic heterocycles. The fraction of sp³-hybridized carbons (Fsp3) is 0.238. The Kier molecular flexibility index (Phi) is 5.19. The summed E-state index contributed by atoms with van der Waals surface area (Å²) in [5, 5.41) is 5.57. The first kappa shape index (κ1) is 18.1. The minimum absolute atomic E-state index is 0.138. The van der Waals surface area contributed by atoms with Crippen LogP contribution in [0.25, 0.3) is 11.3 Å². The summed E-state index contributed by atoms with van der Waals surface area (Å²) < 4.78 is 5.57. The van der Waals surface area contributed by atoms with Gasteiger partial charge in [0, 0.05) is 40.6 Å². The van der Waals surface area contributed by atoms with Gasteiger partial charge < -0.3 is 9.42 Å². The lowest BCUT2D eigenvalue weighted by Gasteiger charge is -2.26. The van der Waals surface area contributed by atoms with Crippen LogP contribution in [0.1, 0.15) is 23.2 Å². The van der Waals surface area contributed by atoms with Crippen molar-refractivity contribution in [3.8, 4) is 11.3 Å². The van der Waals surface area contributed by atoms with Crippen molar-refractivity contribution in [2.45, 2.75) is 25.8 Å². The zero-order valence-corrected chi connectivity index (χ0v) is 16.1. The molecule has 4 nitrogen and oxygen atoms in total. The van der Waals surface area contributed by atoms with Gasteiger partial charge in [0.2, 0.25) is 5.91 Å². The Hall–Kier alpha value is -2.30. The topological polar surface area (TPSA) is 46.3 Å². The molecule has 0 aliphatic carbocycles. The number of amides is 1. The van der Waals surface area contributed by atoms with Gasteiger partial charge in [-0.3, -0.25) is 4.79 Å². The summed E-state index contributed by atoms with van der Waals surface area (Å²) in [5.41, 5.74) is 3.95. The number of hydrogen-bond donors (Lipinski definition) is 0. The van der Waals surface area contributed by atoms with E-state index in [4.69, 9.17) is 27.7 Å². The van der Waals surface area contributed by atoms with Crippen molar-refractivity contribution in [3.63, 3.8) is 0 Å². The number of fused-ring (bicyclic) bond motifs is 1. The minimum Gasteiger partial charge on any atom is -0.356 e. The number of carbonyl (C=O) groups is 1. The number of benzene rings is 2. The molecule has 6 heteroatoms. The van der Waals surface area contributed by atoms with Gasteiger partial charge in [-0.2, -0.15) is 0 Å². The Morgan fingerprint density at radius 1 is 1.04 bits per heavy atom. The number of halogens is 2. The molecule has 0 spiro atoms. The third-order valence-electron chi connectivity index (χ3n) is 4.84. The van der Waals surface area contributed by atoms with Crippen LogP contribution in [0.15, 0.2) is 53.1 Å². The summed E-state index contributed by atoms with van der Waals surface area (Å²) in [5.74, 6) is 0.857. The van der Waals surface area contributed by atoms with Crippen molar-refractivity contribution in [2.75, 3.05) is 6.54 Å². The van der Waals surface area contributed by atoms with Gasteiger partial charge in [0.1, 0.15) is 0 Å². The van der Waals surface area contributed by atoms with Crippen LogP contribution in [-0.4, -0.2) is 22.5 Å². The van der Waals surface area contributed by atoms with Crippen LogP contribution >= 0.6 is 23.2 Å². The van der Waals surface area contributed by atoms with E-state index in [1.807, 2.05) is 53.4 Å². The van der Waals surface area contributed by atoms with Gasteiger partial charge in [-0.15, -0.1) is 0 Å². The zero-order chi connectivity index (χ0) is 18.8. The number of aromatic nitrogens is 1. The summed E-state index contributed by atoms with van der Waals surface area (Å²) in [7, 11) is 0. The van der Waals surface area contributed by atoms with Crippen LogP contribution in [0, 0.1) is 0 Å². The fourth-order valence-corrected chi connectivity index (χ4v) is 3.57. The lowest BCUT2D eigenvalue weighted by Crippen LogP contribution is -2.36. The van der Waals surface area contributed by atoms with E-state index in [1.165, 1.54) is 0 Å². The molecule has 1 amide bonds. The van der Waals surface area contributed by atoms with E-state index >= 15 is 0 Å². The Bertz CT molecular complexity index is 949. The van der Waals surface area contributed by atoms with Crippen molar-refractivity contribution in [3.05, 3.63) is 75.4 Å². The number of hydrogen-bond acceptors (Lipinski definition) is 3. The van der Waals surface area contributed by atoms with E-state index in [2.05, 4.69) is 5.16 Å². The van der Waals surface area contributed by atoms with E-state index in [0.717, 1.165) is 28.1 Å². The highest BCUT2D eigenvalue weighted by Gasteiger charge is 2.27. The quantitative estimate of drug-likeness (QED) is 0.606. The molecule has 0 fully saturated rings. The van der Waals surface area contributed by atoms with Crippen molar-refractivity contribution in [1.82, 2.24) is 10.1 Å². The first-order chi connectivity index (χ1) is 13.1. The van der Waals surface area contributed by atoms with Crippen molar-refractivity contribution < 1.29 is 9.32 Å². The van der Waals surface area contributed by atoms with Crippen molar-refractivity contribution in [1.29, 1.82) is 0 Å². The molecule has 2 aromatic carbocycles. The molecule has 0 radical (unpaired) electrons. The summed E-state index contributed by atoms with van der Waals surface area (Å²) in [4.78, 5) is 14.6. The number of carbonyl (C=O) groups excluding carboxylic acids is 1. The normalized spacial score (nSPS) is 13.5. The lowest BCUT2D eigenvalue weighted by molar-refractivity contribution is -0.132. The van der Waals surface area contributed by atoms with Gasteiger partial charge in [-0.1, -0.05) is 40.5 Å². The smallest absolute Gasteiger partial charge is 0.223 e. The Balaban J connectivity index is 1.45. The Morgan fingerprint density at radius 3 is 2.41 bits per heavy atom. The van der Waals surface area contributed by atoms with Crippen LogP contribution in [0.5, 0.6) is 0 Å². The predicted octanol–water partition coefficient (Wildman–Crippen LogP) is 5.17. The molecular formula is C21H18Cl2N2O2. The van der Waals surface area contributed by atoms with E-state index in [0.29, 0.717) is 42.4 Å². The van der Waals surface area contributed by atoms with Gasteiger partial charge in [0.15, 0.2) is 5.76 Å². The van der Waals surface area contributed by atoms with Gasteiger partial charge in [-0.25, -0.2) is 0 Å². The number of aryl methyl sites for hydroxylation is 1. The van der Waals surface area contributed by atoms with Crippen LogP contribution in [0.2, 0.25) is 10.0 Å². The lowest BCUT2D eigenvalue weighted by atomic mass is 10.0. The summed E-state index contributed by atoms with van der Waals surface area (Å²) >= 11 is 11.9. The Labute approximate surface area is 167 Å². The predicted molar refractivity (Wildman–Crippen MR) is 106 cm³/mol. The van der Waals surface area contributed by atoms with Crippen LogP contribution in [0.3, 0.4) is 0 Å². The number of rotatable bonds is 4. The number of nitrogens with zero attached hydrogens (tertiary/aromatic N) is 2. The zero-order valence-electron chi connectivity index (χ0n) is 14.6. The molecule has 0 N–H and O–H groups in total. The molecule has 3 aromatic rings. The highest BCUT2D eigenvalue weighted by atomic mass is 35.5. The molecule has 1 aliphatic rings. The van der Waals surface area contributed by atoms with E-state index in [9.17, 15) is 4.79 Å². The molecule has 4 rings (SSSR count). The first-order valence-electron chi connectivity index (χ1n) is 8.86. The summed E-state index contributed by atoms with van der Waals surface area (Å²) in [6.45, 7) is 1.19. The van der Waals surface area contributed by atoms with Crippen LogP contribution in [-0.2, 0) is 24.2 Å². The Morgan fingerprint density at radius 2 is 1.70 bits per heavy atom. The molecule has 2 heterocycles. The third kappa shape index (κ3) is 4.02.